The van der Waals surface area contributed by atoms with Gasteiger partial charge in [0.15, 0.2) is 5.58 Å². The number of rotatable bonds is 3. The lowest BCUT2D eigenvalue weighted by atomic mass is 9.88. The molecule has 162 valence electrons. The number of nitrogens with zero attached hydrogens (tertiary/aromatic N) is 5. The van der Waals surface area contributed by atoms with Crippen LogP contribution in [0.4, 0.5) is 16.5 Å². The van der Waals surface area contributed by atoms with Crippen LogP contribution >= 0.6 is 11.3 Å². The third kappa shape index (κ3) is 3.04. The van der Waals surface area contributed by atoms with Gasteiger partial charge < -0.3 is 24.4 Å². The van der Waals surface area contributed by atoms with Crippen LogP contribution in [0.2, 0.25) is 0 Å². The Morgan fingerprint density at radius 3 is 2.61 bits per heavy atom. The topological polar surface area (TPSA) is 106 Å². The number of amides is 1. The van der Waals surface area contributed by atoms with Gasteiger partial charge in [-0.1, -0.05) is 0 Å². The van der Waals surface area contributed by atoms with E-state index in [2.05, 4.69) is 20.9 Å². The quantitative estimate of drug-likeness (QED) is 0.639. The lowest BCUT2D eigenvalue weighted by Crippen LogP contribution is -2.70. The molecule has 4 fully saturated rings. The Bertz CT molecular complexity index is 1110. The van der Waals surface area contributed by atoms with Gasteiger partial charge in [0, 0.05) is 37.8 Å². The second-order valence-electron chi connectivity index (χ2n) is 8.50. The molecule has 9 nitrogen and oxygen atoms in total. The van der Waals surface area contributed by atoms with Crippen molar-refractivity contribution in [2.75, 3.05) is 36.0 Å². The van der Waals surface area contributed by atoms with Gasteiger partial charge >= 0.3 is 6.09 Å². The Kier molecular flexibility index (Phi) is 4.32. The van der Waals surface area contributed by atoms with E-state index in [0.717, 1.165) is 54.1 Å². The van der Waals surface area contributed by atoms with Crippen molar-refractivity contribution in [3.05, 3.63) is 23.7 Å². The van der Waals surface area contributed by atoms with Crippen molar-refractivity contribution in [3.8, 4) is 10.6 Å². The van der Waals surface area contributed by atoms with Crippen molar-refractivity contribution in [1.29, 1.82) is 0 Å². The Balaban J connectivity index is 1.39. The fraction of sp³-hybridized carbons (Fsp3) is 0.476. The van der Waals surface area contributed by atoms with Crippen molar-refractivity contribution >= 4 is 40.2 Å². The van der Waals surface area contributed by atoms with Gasteiger partial charge in [-0.05, 0) is 31.4 Å². The molecule has 2 N–H and O–H groups in total. The number of anilines is 2. The van der Waals surface area contributed by atoms with Crippen molar-refractivity contribution < 1.29 is 19.4 Å². The molecule has 2 unspecified atom stereocenters. The Morgan fingerprint density at radius 1 is 1.16 bits per heavy atom. The minimum atomic E-state index is -0.848. The standard InChI is InChI=1S/C21H23N5O4S/c27-14-3-6-24(7-4-14)16-2-1-15(19-22-5-8-31-19)18-17(16)23-20(30-18)25-10-12-9-13(11-25)26(12)21(28)29/h1-2,5,8,12-14,27H,3-4,6-7,9-11H2,(H,28,29). The minimum absolute atomic E-state index is 0.00672. The second kappa shape index (κ2) is 7.10. The average Bonchev–Trinajstić information content (AvgIpc) is 3.44. The third-order valence-corrected chi connectivity index (χ3v) is 7.47. The number of piperidine rings is 2. The third-order valence-electron chi connectivity index (χ3n) is 6.66. The molecule has 0 aliphatic carbocycles. The first kappa shape index (κ1) is 18.9. The molecular weight excluding hydrogens is 418 g/mol. The fourth-order valence-corrected chi connectivity index (χ4v) is 5.74. The van der Waals surface area contributed by atoms with E-state index in [4.69, 9.17) is 9.40 Å². The van der Waals surface area contributed by atoms with Crippen LogP contribution in [0.1, 0.15) is 19.3 Å². The van der Waals surface area contributed by atoms with Crippen LogP contribution in [0.25, 0.3) is 21.7 Å². The van der Waals surface area contributed by atoms with Crippen LogP contribution in [0.5, 0.6) is 0 Å². The highest BCUT2D eigenvalue weighted by Gasteiger charge is 2.48. The van der Waals surface area contributed by atoms with Crippen LogP contribution in [-0.4, -0.2) is 75.5 Å². The fourth-order valence-electron chi connectivity index (χ4n) is 5.08. The lowest BCUT2D eigenvalue weighted by molar-refractivity contribution is 0.0101. The first-order valence-corrected chi connectivity index (χ1v) is 11.5. The maximum Gasteiger partial charge on any atom is 0.407 e. The number of piperazine rings is 1. The number of aliphatic hydroxyl groups is 1. The minimum Gasteiger partial charge on any atom is -0.465 e. The van der Waals surface area contributed by atoms with E-state index in [-0.39, 0.29) is 18.2 Å². The molecule has 2 bridgehead atoms. The van der Waals surface area contributed by atoms with Crippen molar-refractivity contribution in [2.24, 2.45) is 0 Å². The van der Waals surface area contributed by atoms with E-state index >= 15 is 0 Å². The van der Waals surface area contributed by atoms with Gasteiger partial charge in [0.2, 0.25) is 0 Å². The molecule has 3 aromatic rings. The molecule has 2 atom stereocenters. The summed E-state index contributed by atoms with van der Waals surface area (Å²) in [5, 5.41) is 22.1. The molecule has 4 aliphatic heterocycles. The summed E-state index contributed by atoms with van der Waals surface area (Å²) in [6, 6.07) is 4.64. The van der Waals surface area contributed by atoms with E-state index < -0.39 is 6.09 Å². The summed E-state index contributed by atoms with van der Waals surface area (Å²) >= 11 is 1.56. The van der Waals surface area contributed by atoms with Crippen LogP contribution < -0.4 is 9.80 Å². The zero-order valence-corrected chi connectivity index (χ0v) is 17.7. The van der Waals surface area contributed by atoms with Gasteiger partial charge in [-0.25, -0.2) is 9.78 Å². The number of hydrogen-bond acceptors (Lipinski definition) is 8. The smallest absolute Gasteiger partial charge is 0.407 e. The van der Waals surface area contributed by atoms with Gasteiger partial charge in [0.1, 0.15) is 10.5 Å². The van der Waals surface area contributed by atoms with Crippen LogP contribution in [-0.2, 0) is 0 Å². The Morgan fingerprint density at radius 2 is 1.94 bits per heavy atom. The molecule has 10 heteroatoms. The Hall–Kier alpha value is -2.85. The van der Waals surface area contributed by atoms with E-state index in [9.17, 15) is 15.0 Å². The van der Waals surface area contributed by atoms with Crippen LogP contribution in [0.15, 0.2) is 28.1 Å². The number of carboxylic acid groups (broad SMARTS) is 1. The number of oxazole rings is 1. The number of carbonyl (C=O) groups is 1. The van der Waals surface area contributed by atoms with E-state index in [1.165, 1.54) is 0 Å². The second-order valence-corrected chi connectivity index (χ2v) is 9.39. The summed E-state index contributed by atoms with van der Waals surface area (Å²) in [6.45, 7) is 2.73. The zero-order chi connectivity index (χ0) is 21.1. The van der Waals surface area contributed by atoms with Gasteiger partial charge in [-0.2, -0.15) is 4.98 Å². The molecular formula is C21H23N5O4S. The largest absolute Gasteiger partial charge is 0.465 e. The van der Waals surface area contributed by atoms with Gasteiger partial charge in [-0.3, -0.25) is 4.90 Å². The summed E-state index contributed by atoms with van der Waals surface area (Å²) in [4.78, 5) is 26.7. The van der Waals surface area contributed by atoms with Gasteiger partial charge in [-0.15, -0.1) is 11.3 Å². The van der Waals surface area contributed by atoms with E-state index in [1.54, 1.807) is 22.4 Å². The zero-order valence-electron chi connectivity index (χ0n) is 16.8. The molecule has 7 rings (SSSR count). The van der Waals surface area contributed by atoms with Crippen molar-refractivity contribution in [2.45, 2.75) is 37.5 Å². The Labute approximate surface area is 182 Å². The maximum absolute atomic E-state index is 11.4. The lowest BCUT2D eigenvalue weighted by Gasteiger charge is -2.54. The summed E-state index contributed by atoms with van der Waals surface area (Å²) in [5.74, 6) is 0. The van der Waals surface area contributed by atoms with Gasteiger partial charge in [0.05, 0.1) is 29.4 Å². The summed E-state index contributed by atoms with van der Waals surface area (Å²) in [6.07, 6.45) is 3.06. The average molecular weight is 442 g/mol. The van der Waals surface area contributed by atoms with Crippen molar-refractivity contribution in [1.82, 2.24) is 14.9 Å². The number of hydrogen-bond donors (Lipinski definition) is 2. The van der Waals surface area contributed by atoms with E-state index in [1.807, 2.05) is 11.4 Å². The molecule has 1 aromatic carbocycles. The highest BCUT2D eigenvalue weighted by atomic mass is 32.1. The predicted octanol–water partition coefficient (Wildman–Crippen LogP) is 2.85. The highest BCUT2D eigenvalue weighted by molar-refractivity contribution is 7.13. The van der Waals surface area contributed by atoms with Crippen LogP contribution in [0.3, 0.4) is 0 Å². The molecule has 31 heavy (non-hydrogen) atoms. The molecule has 4 saturated heterocycles. The molecule has 0 radical (unpaired) electrons. The molecule has 6 heterocycles. The highest BCUT2D eigenvalue weighted by Crippen LogP contribution is 2.41. The van der Waals surface area contributed by atoms with E-state index in [0.29, 0.717) is 24.7 Å². The summed E-state index contributed by atoms with van der Waals surface area (Å²) < 4.78 is 6.32. The molecule has 1 amide bonds. The molecule has 0 spiro atoms. The van der Waals surface area contributed by atoms with Crippen molar-refractivity contribution in [3.63, 3.8) is 0 Å². The molecule has 0 saturated carbocycles. The number of thiazole rings is 1. The monoisotopic (exact) mass is 441 g/mol. The molecule has 2 aromatic heterocycles. The predicted molar refractivity (Wildman–Crippen MR) is 117 cm³/mol. The SMILES string of the molecule is O=C(O)N1C2CC1CN(c1nc3c(N4CCC(O)CC4)ccc(-c4nccs4)c3o1)C2. The van der Waals surface area contributed by atoms with Gasteiger partial charge in [0.25, 0.3) is 6.01 Å². The first-order chi connectivity index (χ1) is 15.1. The normalized spacial score (nSPS) is 24.0. The number of aromatic nitrogens is 2. The first-order valence-electron chi connectivity index (χ1n) is 10.6. The maximum atomic E-state index is 11.4. The van der Waals surface area contributed by atoms with Crippen LogP contribution in [0, 0.1) is 0 Å². The summed E-state index contributed by atoms with van der Waals surface area (Å²) in [5.41, 5.74) is 3.43. The number of benzene rings is 1. The summed E-state index contributed by atoms with van der Waals surface area (Å²) in [7, 11) is 0. The number of aliphatic hydroxyl groups excluding tert-OH is 1. The molecule has 4 aliphatic rings. The number of fused-ring (bicyclic) bond motifs is 3.